The zero-order chi connectivity index (χ0) is 22.1. The van der Waals surface area contributed by atoms with E-state index in [1.54, 1.807) is 6.20 Å². The summed E-state index contributed by atoms with van der Waals surface area (Å²) < 4.78 is 1.95. The number of aryl methyl sites for hydroxylation is 2. The Morgan fingerprint density at radius 3 is 2.74 bits per heavy atom. The van der Waals surface area contributed by atoms with Crippen LogP contribution in [0.5, 0.6) is 0 Å². The van der Waals surface area contributed by atoms with E-state index in [9.17, 15) is 9.59 Å². The van der Waals surface area contributed by atoms with Crippen LogP contribution in [0.1, 0.15) is 59.1 Å². The number of benzene rings is 1. The van der Waals surface area contributed by atoms with Crippen molar-refractivity contribution in [3.8, 4) is 0 Å². The highest BCUT2D eigenvalue weighted by atomic mass is 16.1. The van der Waals surface area contributed by atoms with Gasteiger partial charge in [0.1, 0.15) is 0 Å². The number of rotatable bonds is 5. The number of pyridine rings is 1. The molecule has 7 heteroatoms. The highest BCUT2D eigenvalue weighted by molar-refractivity contribution is 6.07. The normalized spacial score (nSPS) is 14.2. The van der Waals surface area contributed by atoms with Gasteiger partial charge in [0.25, 0.3) is 11.5 Å². The Kier molecular flexibility index (Phi) is 5.78. The van der Waals surface area contributed by atoms with Crippen molar-refractivity contribution in [1.29, 1.82) is 0 Å². The summed E-state index contributed by atoms with van der Waals surface area (Å²) in [6, 6.07) is 6.18. The minimum Gasteiger partial charge on any atom is -0.348 e. The number of carbonyl (C=O) groups is 1. The van der Waals surface area contributed by atoms with E-state index in [2.05, 4.69) is 46.7 Å². The first-order valence-electron chi connectivity index (χ1n) is 10.7. The van der Waals surface area contributed by atoms with E-state index >= 15 is 0 Å². The van der Waals surface area contributed by atoms with Crippen molar-refractivity contribution in [3.63, 3.8) is 0 Å². The minimum absolute atomic E-state index is 0.163. The third kappa shape index (κ3) is 4.18. The molecule has 1 aliphatic heterocycles. The number of hydrogen-bond acceptors (Lipinski definition) is 4. The van der Waals surface area contributed by atoms with Gasteiger partial charge in [-0.15, -0.1) is 0 Å². The zero-order valence-electron chi connectivity index (χ0n) is 18.5. The van der Waals surface area contributed by atoms with Gasteiger partial charge in [0.15, 0.2) is 0 Å². The number of H-pyrrole nitrogens is 1. The number of hydrogen-bond donors (Lipinski definition) is 3. The van der Waals surface area contributed by atoms with Crippen molar-refractivity contribution >= 4 is 22.4 Å². The number of aromatic amines is 1. The van der Waals surface area contributed by atoms with E-state index in [4.69, 9.17) is 0 Å². The maximum atomic E-state index is 13.2. The highest BCUT2D eigenvalue weighted by Gasteiger charge is 2.19. The lowest BCUT2D eigenvalue weighted by Gasteiger charge is -2.17. The van der Waals surface area contributed by atoms with Crippen LogP contribution in [-0.2, 0) is 6.54 Å². The molecular weight excluding hydrogens is 390 g/mol. The summed E-state index contributed by atoms with van der Waals surface area (Å²) >= 11 is 0. The highest BCUT2D eigenvalue weighted by Crippen LogP contribution is 2.29. The van der Waals surface area contributed by atoms with Gasteiger partial charge in [-0.25, -0.2) is 0 Å². The van der Waals surface area contributed by atoms with E-state index in [1.165, 1.54) is 5.57 Å². The van der Waals surface area contributed by atoms with Crippen LogP contribution in [0, 0.1) is 13.8 Å². The Hall–Kier alpha value is -3.19. The van der Waals surface area contributed by atoms with Crippen LogP contribution in [0.3, 0.4) is 0 Å². The number of fused-ring (bicyclic) bond motifs is 1. The summed E-state index contributed by atoms with van der Waals surface area (Å²) in [4.78, 5) is 28.4. The first kappa shape index (κ1) is 21.1. The lowest BCUT2D eigenvalue weighted by atomic mass is 9.96. The molecule has 1 amide bonds. The molecule has 0 aliphatic carbocycles. The molecule has 0 saturated heterocycles. The topological polar surface area (TPSA) is 91.8 Å². The van der Waals surface area contributed by atoms with Crippen molar-refractivity contribution in [1.82, 2.24) is 25.4 Å². The summed E-state index contributed by atoms with van der Waals surface area (Å²) in [6.07, 6.45) is 4.85. The number of aromatic nitrogens is 3. The molecule has 0 fully saturated rings. The minimum atomic E-state index is -0.205. The molecule has 162 valence electrons. The molecule has 2 aromatic heterocycles. The Balaban J connectivity index is 1.72. The Bertz CT molecular complexity index is 1230. The van der Waals surface area contributed by atoms with E-state index < -0.39 is 0 Å². The molecule has 3 N–H and O–H groups in total. The van der Waals surface area contributed by atoms with Gasteiger partial charge in [0.05, 0.1) is 17.3 Å². The van der Waals surface area contributed by atoms with Crippen molar-refractivity contribution < 1.29 is 4.79 Å². The van der Waals surface area contributed by atoms with Gasteiger partial charge in [-0.2, -0.15) is 5.10 Å². The standard InChI is InChI=1S/C24H29N5O2/c1-14(2)29-22-11-18(17-5-7-25-8-6-17)10-19(21(22)13-27-29)23(30)26-12-20-15(3)9-16(4)28-24(20)31/h5,9-11,13-14,25H,6-8,12H2,1-4H3,(H,26,30)(H,28,31). The van der Waals surface area contributed by atoms with Gasteiger partial charge in [-0.3, -0.25) is 14.3 Å². The van der Waals surface area contributed by atoms with Gasteiger partial charge in [-0.1, -0.05) is 6.08 Å². The molecule has 3 aromatic rings. The molecule has 0 radical (unpaired) electrons. The molecule has 7 nitrogen and oxygen atoms in total. The molecule has 0 bridgehead atoms. The molecule has 31 heavy (non-hydrogen) atoms. The number of nitrogens with one attached hydrogen (secondary N) is 3. The maximum absolute atomic E-state index is 13.2. The van der Waals surface area contributed by atoms with Crippen LogP contribution in [-0.4, -0.2) is 33.8 Å². The molecule has 4 rings (SSSR count). The first-order chi connectivity index (χ1) is 14.8. The smallest absolute Gasteiger partial charge is 0.253 e. The number of nitrogens with zero attached hydrogens (tertiary/aromatic N) is 2. The van der Waals surface area contributed by atoms with Crippen molar-refractivity contribution in [3.05, 3.63) is 68.8 Å². The van der Waals surface area contributed by atoms with Crippen molar-refractivity contribution in [2.24, 2.45) is 0 Å². The SMILES string of the molecule is Cc1cc(C)c(CNC(=O)c2cc(C3=CCNCC3)cc3c2cnn3C(C)C)c(=O)[nH]1. The fraction of sp³-hybridized carbons (Fsp3) is 0.375. The fourth-order valence-electron chi connectivity index (χ4n) is 4.18. The summed E-state index contributed by atoms with van der Waals surface area (Å²) in [6.45, 7) is 9.82. The van der Waals surface area contributed by atoms with Gasteiger partial charge >= 0.3 is 0 Å². The second-order valence-electron chi connectivity index (χ2n) is 8.45. The molecule has 0 spiro atoms. The quantitative estimate of drug-likeness (QED) is 0.592. The van der Waals surface area contributed by atoms with E-state index in [-0.39, 0.29) is 24.1 Å². The Morgan fingerprint density at radius 2 is 2.06 bits per heavy atom. The molecule has 0 atom stereocenters. The van der Waals surface area contributed by atoms with Crippen LogP contribution < -0.4 is 16.2 Å². The third-order valence-corrected chi connectivity index (χ3v) is 5.80. The van der Waals surface area contributed by atoms with Crippen molar-refractivity contribution in [2.75, 3.05) is 13.1 Å². The fourth-order valence-corrected chi connectivity index (χ4v) is 4.18. The zero-order valence-corrected chi connectivity index (χ0v) is 18.5. The predicted molar refractivity (Wildman–Crippen MR) is 123 cm³/mol. The van der Waals surface area contributed by atoms with Gasteiger partial charge in [0, 0.05) is 35.8 Å². The second-order valence-corrected chi connectivity index (χ2v) is 8.45. The number of carbonyl (C=O) groups excluding carboxylic acids is 1. The van der Waals surface area contributed by atoms with Crippen LogP contribution in [0.2, 0.25) is 0 Å². The van der Waals surface area contributed by atoms with Gasteiger partial charge < -0.3 is 15.6 Å². The molecule has 0 unspecified atom stereocenters. The maximum Gasteiger partial charge on any atom is 0.253 e. The number of amides is 1. The molecular formula is C24H29N5O2. The summed E-state index contributed by atoms with van der Waals surface area (Å²) in [7, 11) is 0. The van der Waals surface area contributed by atoms with E-state index in [0.717, 1.165) is 47.2 Å². The van der Waals surface area contributed by atoms with E-state index in [1.807, 2.05) is 30.7 Å². The Labute approximate surface area is 181 Å². The molecule has 1 aromatic carbocycles. The summed E-state index contributed by atoms with van der Waals surface area (Å²) in [5.74, 6) is -0.205. The average molecular weight is 420 g/mol. The van der Waals surface area contributed by atoms with E-state index in [0.29, 0.717) is 11.1 Å². The summed E-state index contributed by atoms with van der Waals surface area (Å²) in [5, 5.41) is 11.6. The predicted octanol–water partition coefficient (Wildman–Crippen LogP) is 3.23. The monoisotopic (exact) mass is 419 g/mol. The van der Waals surface area contributed by atoms with Crippen LogP contribution in [0.25, 0.3) is 16.5 Å². The molecule has 0 saturated carbocycles. The Morgan fingerprint density at radius 1 is 1.26 bits per heavy atom. The second kappa shape index (κ2) is 8.51. The average Bonchev–Trinajstić information content (AvgIpc) is 3.17. The molecule has 3 heterocycles. The molecule has 1 aliphatic rings. The van der Waals surface area contributed by atoms with Gasteiger partial charge in [0.2, 0.25) is 0 Å². The summed E-state index contributed by atoms with van der Waals surface area (Å²) in [5.41, 5.74) is 5.90. The van der Waals surface area contributed by atoms with Crippen LogP contribution in [0.4, 0.5) is 0 Å². The lowest BCUT2D eigenvalue weighted by Crippen LogP contribution is -2.28. The lowest BCUT2D eigenvalue weighted by molar-refractivity contribution is 0.0952. The van der Waals surface area contributed by atoms with Crippen LogP contribution >= 0.6 is 0 Å². The first-order valence-corrected chi connectivity index (χ1v) is 10.7. The third-order valence-electron chi connectivity index (χ3n) is 5.80. The largest absolute Gasteiger partial charge is 0.348 e. The van der Waals surface area contributed by atoms with Crippen molar-refractivity contribution in [2.45, 2.75) is 46.7 Å². The van der Waals surface area contributed by atoms with Gasteiger partial charge in [-0.05, 0) is 75.6 Å². The van der Waals surface area contributed by atoms with Crippen LogP contribution in [0.15, 0.2) is 35.3 Å².